The number of carboxylic acid groups (broad SMARTS) is 1. The molecule has 3 aliphatic rings. The van der Waals surface area contributed by atoms with E-state index < -0.39 is 54.7 Å². The van der Waals surface area contributed by atoms with Gasteiger partial charge in [0.15, 0.2) is 5.96 Å². The van der Waals surface area contributed by atoms with Crippen molar-refractivity contribution in [3.63, 3.8) is 0 Å². The maximum Gasteiger partial charge on any atom is 0.416 e. The SMILES string of the molecule is O=C(O)CC(NC(=O)CNC(=O)C1=CC(NC2=NCC(F)CN2)=C2C=NNC2C=C1)c1cc(-n2cccn2)cc(C(F)(F)F)c1. The van der Waals surface area contributed by atoms with Crippen LogP contribution < -0.4 is 26.7 Å². The highest BCUT2D eigenvalue weighted by Crippen LogP contribution is 2.33. The van der Waals surface area contributed by atoms with Gasteiger partial charge < -0.3 is 26.4 Å². The number of amides is 2. The molecule has 0 radical (unpaired) electrons. The predicted octanol–water partition coefficient (Wildman–Crippen LogP) is 1.23. The lowest BCUT2D eigenvalue weighted by molar-refractivity contribution is -0.138. The molecule has 0 bridgehead atoms. The first kappa shape index (κ1) is 31.0. The Balaban J connectivity index is 1.31. The number of aliphatic imine (C=N–C) groups is 1. The van der Waals surface area contributed by atoms with Gasteiger partial charge in [-0.1, -0.05) is 12.2 Å². The molecule has 6 N–H and O–H groups in total. The van der Waals surface area contributed by atoms with Gasteiger partial charge in [-0.15, -0.1) is 0 Å². The Kier molecular flexibility index (Phi) is 8.96. The number of allylic oxidation sites excluding steroid dienone is 1. The van der Waals surface area contributed by atoms with E-state index in [-0.39, 0.29) is 36.0 Å². The number of guanidine groups is 1. The number of carbonyl (C=O) groups excluding carboxylic acids is 2. The van der Waals surface area contributed by atoms with E-state index >= 15 is 0 Å². The van der Waals surface area contributed by atoms with Gasteiger partial charge in [0.25, 0.3) is 5.91 Å². The van der Waals surface area contributed by atoms with Crippen LogP contribution in [0.4, 0.5) is 17.6 Å². The summed E-state index contributed by atoms with van der Waals surface area (Å²) in [5, 5.41) is 28.1. The highest BCUT2D eigenvalue weighted by Gasteiger charge is 2.33. The number of hydrazone groups is 1. The minimum Gasteiger partial charge on any atom is -0.481 e. The molecule has 2 aromatic rings. The van der Waals surface area contributed by atoms with Crippen LogP contribution in [0, 0.1) is 0 Å². The summed E-state index contributed by atoms with van der Waals surface area (Å²) in [7, 11) is 0. The molecule has 3 atom stereocenters. The predicted molar refractivity (Wildman–Crippen MR) is 153 cm³/mol. The van der Waals surface area contributed by atoms with Crippen LogP contribution in [-0.4, -0.2) is 76.7 Å². The number of benzene rings is 1. The van der Waals surface area contributed by atoms with Crippen LogP contribution in [0.25, 0.3) is 5.69 Å². The van der Waals surface area contributed by atoms with Crippen molar-refractivity contribution in [3.8, 4) is 5.69 Å². The van der Waals surface area contributed by atoms with Gasteiger partial charge in [-0.25, -0.2) is 14.1 Å². The summed E-state index contributed by atoms with van der Waals surface area (Å²) in [6.07, 6.45) is 2.39. The Morgan fingerprint density at radius 1 is 1.20 bits per heavy atom. The Labute approximate surface area is 252 Å². The van der Waals surface area contributed by atoms with Gasteiger partial charge in [-0.05, 0) is 35.9 Å². The number of aliphatic carboxylic acids is 1. The van der Waals surface area contributed by atoms with Gasteiger partial charge in [-0.2, -0.15) is 23.4 Å². The molecular formula is C28H27F4N9O4. The molecule has 3 heterocycles. The maximum atomic E-state index is 13.7. The zero-order valence-electron chi connectivity index (χ0n) is 23.3. The Bertz CT molecular complexity index is 1630. The van der Waals surface area contributed by atoms with Crippen LogP contribution in [0.3, 0.4) is 0 Å². The van der Waals surface area contributed by atoms with Gasteiger partial charge in [0, 0.05) is 29.2 Å². The molecule has 3 unspecified atom stereocenters. The molecular weight excluding hydrogens is 602 g/mol. The smallest absolute Gasteiger partial charge is 0.416 e. The zero-order valence-corrected chi connectivity index (χ0v) is 23.3. The van der Waals surface area contributed by atoms with Crippen molar-refractivity contribution >= 4 is 30.0 Å². The topological polar surface area (TPSA) is 174 Å². The molecule has 0 saturated carbocycles. The molecule has 45 heavy (non-hydrogen) atoms. The highest BCUT2D eigenvalue weighted by molar-refractivity contribution is 6.00. The molecule has 1 aromatic carbocycles. The summed E-state index contributed by atoms with van der Waals surface area (Å²) in [6.45, 7) is -0.589. The summed E-state index contributed by atoms with van der Waals surface area (Å²) in [6, 6.07) is 2.67. The third kappa shape index (κ3) is 7.73. The summed E-state index contributed by atoms with van der Waals surface area (Å²) in [4.78, 5) is 41.7. The van der Waals surface area contributed by atoms with Crippen LogP contribution in [0.15, 0.2) is 81.8 Å². The second-order valence-electron chi connectivity index (χ2n) is 10.1. The second-order valence-corrected chi connectivity index (χ2v) is 10.1. The average Bonchev–Trinajstić information content (AvgIpc) is 3.67. The fraction of sp³-hybridized carbons (Fsp3) is 0.286. The van der Waals surface area contributed by atoms with Crippen molar-refractivity contribution in [1.29, 1.82) is 0 Å². The molecule has 0 spiro atoms. The first-order valence-electron chi connectivity index (χ1n) is 13.6. The first-order chi connectivity index (χ1) is 21.5. The minimum atomic E-state index is -4.76. The number of fused-ring (bicyclic) bond motifs is 1. The van der Waals surface area contributed by atoms with Crippen LogP contribution in [0.1, 0.15) is 23.6 Å². The van der Waals surface area contributed by atoms with Crippen LogP contribution in [0.5, 0.6) is 0 Å². The third-order valence-electron chi connectivity index (χ3n) is 6.85. The van der Waals surface area contributed by atoms with E-state index in [2.05, 4.69) is 41.9 Å². The van der Waals surface area contributed by atoms with Crippen molar-refractivity contribution in [2.24, 2.45) is 10.1 Å². The fourth-order valence-corrected chi connectivity index (χ4v) is 4.67. The summed E-state index contributed by atoms with van der Waals surface area (Å²) >= 11 is 0. The van der Waals surface area contributed by atoms with Gasteiger partial charge in [0.2, 0.25) is 5.91 Å². The highest BCUT2D eigenvalue weighted by atomic mass is 19.4. The van der Waals surface area contributed by atoms with Crippen LogP contribution in [-0.2, 0) is 20.6 Å². The Hall–Kier alpha value is -5.48. The fourth-order valence-electron chi connectivity index (χ4n) is 4.67. The number of hydrogen-bond donors (Lipinski definition) is 6. The number of hydrogen-bond acceptors (Lipinski definition) is 9. The lowest BCUT2D eigenvalue weighted by Gasteiger charge is -2.21. The zero-order chi connectivity index (χ0) is 32.1. The van der Waals surface area contributed by atoms with Crippen molar-refractivity contribution < 1.29 is 37.1 Å². The minimum absolute atomic E-state index is 0.0107. The van der Waals surface area contributed by atoms with Crippen LogP contribution >= 0.6 is 0 Å². The van der Waals surface area contributed by atoms with Crippen molar-refractivity contribution in [2.75, 3.05) is 19.6 Å². The largest absolute Gasteiger partial charge is 0.481 e. The third-order valence-corrected chi connectivity index (χ3v) is 6.85. The first-order valence-corrected chi connectivity index (χ1v) is 13.6. The monoisotopic (exact) mass is 629 g/mol. The summed E-state index contributed by atoms with van der Waals surface area (Å²) in [5.74, 6) is -2.58. The lowest BCUT2D eigenvalue weighted by atomic mass is 9.99. The molecule has 2 aliphatic heterocycles. The van der Waals surface area contributed by atoms with E-state index in [0.29, 0.717) is 17.2 Å². The van der Waals surface area contributed by atoms with Gasteiger partial charge in [0.05, 0.1) is 55.6 Å². The van der Waals surface area contributed by atoms with E-state index in [0.717, 1.165) is 12.1 Å². The maximum absolute atomic E-state index is 13.7. The van der Waals surface area contributed by atoms with Crippen molar-refractivity contribution in [2.45, 2.75) is 30.9 Å². The molecule has 0 saturated heterocycles. The number of halogens is 4. The molecule has 17 heteroatoms. The van der Waals surface area contributed by atoms with E-state index in [9.17, 15) is 37.1 Å². The number of aromatic nitrogens is 2. The van der Waals surface area contributed by atoms with E-state index in [1.807, 2.05) is 0 Å². The van der Waals surface area contributed by atoms with Gasteiger partial charge in [-0.3, -0.25) is 19.8 Å². The number of nitrogens with one attached hydrogen (secondary N) is 5. The van der Waals surface area contributed by atoms with Gasteiger partial charge >= 0.3 is 12.1 Å². The number of alkyl halides is 4. The normalized spacial score (nSPS) is 19.7. The van der Waals surface area contributed by atoms with Crippen molar-refractivity contribution in [3.05, 3.63) is 82.9 Å². The number of carbonyl (C=O) groups is 3. The molecule has 13 nitrogen and oxygen atoms in total. The van der Waals surface area contributed by atoms with E-state index in [1.54, 1.807) is 12.3 Å². The van der Waals surface area contributed by atoms with E-state index in [1.165, 1.54) is 41.4 Å². The molecule has 0 fully saturated rings. The molecule has 2 amide bonds. The Morgan fingerprint density at radius 3 is 2.71 bits per heavy atom. The summed E-state index contributed by atoms with van der Waals surface area (Å²) < 4.78 is 55.8. The van der Waals surface area contributed by atoms with E-state index in [4.69, 9.17) is 0 Å². The number of carboxylic acids is 1. The second kappa shape index (κ2) is 13.0. The lowest BCUT2D eigenvalue weighted by Crippen LogP contribution is -2.45. The standard InChI is InChI=1S/C28H27F4N9O4/c29-18-11-34-27(35-12-18)39-23-8-15(2-3-21-20(23)13-36-40-21)26(45)33-14-24(42)38-22(10-25(43)44)16-6-17(28(30,31)32)9-19(7-16)41-5-1-4-37-41/h1-9,13,18,21-22,40H,10-12,14H2,(H,33,45)(H,38,42)(H,43,44)(H2,34,35,39). The summed E-state index contributed by atoms with van der Waals surface area (Å²) in [5.41, 5.74) is 2.95. The average molecular weight is 630 g/mol. The van der Waals surface area contributed by atoms with Gasteiger partial charge in [0.1, 0.15) is 6.17 Å². The van der Waals surface area contributed by atoms with Crippen molar-refractivity contribution in [1.82, 2.24) is 36.5 Å². The Morgan fingerprint density at radius 2 is 2.02 bits per heavy atom. The molecule has 1 aliphatic carbocycles. The molecule has 236 valence electrons. The molecule has 1 aromatic heterocycles. The number of rotatable bonds is 9. The number of nitrogens with zero attached hydrogens (tertiary/aromatic N) is 4. The molecule has 5 rings (SSSR count). The quantitative estimate of drug-likeness (QED) is 0.225. The van der Waals surface area contributed by atoms with Crippen LogP contribution in [0.2, 0.25) is 0 Å².